The lowest BCUT2D eigenvalue weighted by Gasteiger charge is -2.31. The minimum atomic E-state index is -3.59. The van der Waals surface area contributed by atoms with Gasteiger partial charge in [0.05, 0.1) is 23.1 Å². The van der Waals surface area contributed by atoms with Crippen molar-refractivity contribution in [3.63, 3.8) is 0 Å². The zero-order valence-corrected chi connectivity index (χ0v) is 16.8. The summed E-state index contributed by atoms with van der Waals surface area (Å²) < 4.78 is 32.8. The van der Waals surface area contributed by atoms with Crippen LogP contribution in [-0.4, -0.2) is 38.3 Å². The second kappa shape index (κ2) is 9.21. The number of benzene rings is 2. The summed E-state index contributed by atoms with van der Waals surface area (Å²) in [6.07, 6.45) is 2.18. The molecule has 6 nitrogen and oxygen atoms in total. The average Bonchev–Trinajstić information content (AvgIpc) is 2.74. The maximum Gasteiger partial charge on any atom is 0.243 e. The Balaban J connectivity index is 1.70. The van der Waals surface area contributed by atoms with Crippen LogP contribution < -0.4 is 10.1 Å². The van der Waals surface area contributed by atoms with Crippen LogP contribution in [0, 0.1) is 5.92 Å². The smallest absolute Gasteiger partial charge is 0.243 e. The van der Waals surface area contributed by atoms with E-state index in [9.17, 15) is 13.2 Å². The maximum atomic E-state index is 12.9. The topological polar surface area (TPSA) is 75.7 Å². The number of anilines is 1. The van der Waals surface area contributed by atoms with Gasteiger partial charge in [0.2, 0.25) is 15.9 Å². The Kier molecular flexibility index (Phi) is 6.70. The Morgan fingerprint density at radius 2 is 1.86 bits per heavy atom. The minimum absolute atomic E-state index is 0.180. The summed E-state index contributed by atoms with van der Waals surface area (Å²) in [4.78, 5) is 13.1. The monoisotopic (exact) mass is 402 g/mol. The summed E-state index contributed by atoms with van der Waals surface area (Å²) in [5.74, 6) is 0.0502. The molecule has 28 heavy (non-hydrogen) atoms. The number of sulfonamides is 1. The van der Waals surface area contributed by atoms with E-state index in [0.29, 0.717) is 37.4 Å². The molecule has 2 aromatic carbocycles. The van der Waals surface area contributed by atoms with Crippen molar-refractivity contribution >= 4 is 21.6 Å². The molecule has 0 spiro atoms. The van der Waals surface area contributed by atoms with E-state index >= 15 is 0 Å². The Hall–Kier alpha value is -2.38. The molecule has 0 bridgehead atoms. The molecule has 1 atom stereocenters. The van der Waals surface area contributed by atoms with Crippen molar-refractivity contribution in [1.82, 2.24) is 4.31 Å². The van der Waals surface area contributed by atoms with E-state index in [1.54, 1.807) is 36.4 Å². The first-order valence-electron chi connectivity index (χ1n) is 9.60. The van der Waals surface area contributed by atoms with Crippen LogP contribution in [0.15, 0.2) is 59.5 Å². The number of para-hydroxylation sites is 2. The lowest BCUT2D eigenvalue weighted by molar-refractivity contribution is -0.120. The van der Waals surface area contributed by atoms with Gasteiger partial charge in [-0.3, -0.25) is 4.79 Å². The van der Waals surface area contributed by atoms with Crippen molar-refractivity contribution in [2.24, 2.45) is 5.92 Å². The van der Waals surface area contributed by atoms with Crippen LogP contribution in [0.4, 0.5) is 5.69 Å². The summed E-state index contributed by atoms with van der Waals surface area (Å²) in [5, 5.41) is 2.92. The van der Waals surface area contributed by atoms with Gasteiger partial charge in [-0.25, -0.2) is 8.42 Å². The van der Waals surface area contributed by atoms with Crippen LogP contribution in [0.1, 0.15) is 26.2 Å². The van der Waals surface area contributed by atoms with Crippen LogP contribution in [0.3, 0.4) is 0 Å². The predicted molar refractivity (Wildman–Crippen MR) is 109 cm³/mol. The van der Waals surface area contributed by atoms with E-state index in [2.05, 4.69) is 5.32 Å². The van der Waals surface area contributed by atoms with Gasteiger partial charge in [0.15, 0.2) is 0 Å². The van der Waals surface area contributed by atoms with Crippen LogP contribution in [-0.2, 0) is 14.8 Å². The number of piperidine rings is 1. The molecular weight excluding hydrogens is 376 g/mol. The zero-order valence-electron chi connectivity index (χ0n) is 16.0. The summed E-state index contributed by atoms with van der Waals surface area (Å²) in [6.45, 7) is 3.20. The van der Waals surface area contributed by atoms with E-state index in [-0.39, 0.29) is 17.3 Å². The number of rotatable bonds is 7. The highest BCUT2D eigenvalue weighted by atomic mass is 32.2. The molecule has 1 unspecified atom stereocenters. The highest BCUT2D eigenvalue weighted by molar-refractivity contribution is 7.89. The molecule has 0 aliphatic carbocycles. The molecule has 0 aromatic heterocycles. The fourth-order valence-corrected chi connectivity index (χ4v) is 4.80. The normalized spacial score (nSPS) is 17.8. The van der Waals surface area contributed by atoms with Crippen molar-refractivity contribution in [2.75, 3.05) is 25.0 Å². The maximum absolute atomic E-state index is 12.9. The van der Waals surface area contributed by atoms with Crippen molar-refractivity contribution in [3.05, 3.63) is 54.6 Å². The molecule has 150 valence electrons. The van der Waals surface area contributed by atoms with Crippen molar-refractivity contribution in [2.45, 2.75) is 31.1 Å². The predicted octanol–water partition coefficient (Wildman–Crippen LogP) is 3.51. The Morgan fingerprint density at radius 1 is 1.14 bits per heavy atom. The van der Waals surface area contributed by atoms with Gasteiger partial charge < -0.3 is 10.1 Å². The van der Waals surface area contributed by atoms with Crippen molar-refractivity contribution in [3.8, 4) is 5.75 Å². The SMILES string of the molecule is CCCOc1ccccc1NC(=O)C1CCCN(S(=O)(=O)c2ccccc2)C1. The summed E-state index contributed by atoms with van der Waals surface area (Å²) >= 11 is 0. The third-order valence-electron chi connectivity index (χ3n) is 4.74. The molecule has 0 radical (unpaired) electrons. The Labute approximate surface area is 166 Å². The van der Waals surface area contributed by atoms with Gasteiger partial charge in [0.1, 0.15) is 5.75 Å². The first-order valence-corrected chi connectivity index (χ1v) is 11.0. The second-order valence-corrected chi connectivity index (χ2v) is 8.79. The summed E-state index contributed by atoms with van der Waals surface area (Å²) in [7, 11) is -3.59. The third kappa shape index (κ3) is 4.72. The van der Waals surface area contributed by atoms with Gasteiger partial charge in [-0.05, 0) is 43.5 Å². The van der Waals surface area contributed by atoms with Crippen molar-refractivity contribution < 1.29 is 17.9 Å². The second-order valence-electron chi connectivity index (χ2n) is 6.85. The molecule has 3 rings (SSSR count). The molecule has 1 aliphatic rings. The molecular formula is C21H26N2O4S. The van der Waals surface area contributed by atoms with E-state index in [1.165, 1.54) is 4.31 Å². The van der Waals surface area contributed by atoms with E-state index in [0.717, 1.165) is 6.42 Å². The Bertz CT molecular complexity index is 900. The molecule has 0 saturated carbocycles. The van der Waals surface area contributed by atoms with Gasteiger partial charge in [-0.2, -0.15) is 4.31 Å². The molecule has 7 heteroatoms. The molecule has 1 N–H and O–H groups in total. The number of nitrogens with zero attached hydrogens (tertiary/aromatic N) is 1. The van der Waals surface area contributed by atoms with Gasteiger partial charge in [-0.15, -0.1) is 0 Å². The molecule has 1 aliphatic heterocycles. The molecule has 2 aromatic rings. The van der Waals surface area contributed by atoms with Gasteiger partial charge >= 0.3 is 0 Å². The van der Waals surface area contributed by atoms with Crippen LogP contribution in [0.25, 0.3) is 0 Å². The number of nitrogens with one attached hydrogen (secondary N) is 1. The average molecular weight is 403 g/mol. The van der Waals surface area contributed by atoms with Gasteiger partial charge in [-0.1, -0.05) is 37.3 Å². The molecule has 1 amide bonds. The fourth-order valence-electron chi connectivity index (χ4n) is 3.26. The van der Waals surface area contributed by atoms with Crippen LogP contribution in [0.5, 0.6) is 5.75 Å². The van der Waals surface area contributed by atoms with E-state index in [1.807, 2.05) is 25.1 Å². The minimum Gasteiger partial charge on any atom is -0.491 e. The number of amides is 1. The number of carbonyl (C=O) groups is 1. The first-order chi connectivity index (χ1) is 13.5. The third-order valence-corrected chi connectivity index (χ3v) is 6.62. The van der Waals surface area contributed by atoms with Gasteiger partial charge in [0.25, 0.3) is 0 Å². The summed E-state index contributed by atoms with van der Waals surface area (Å²) in [5.41, 5.74) is 0.615. The standard InChI is InChI=1S/C21H26N2O4S/c1-2-15-27-20-13-7-6-12-19(20)22-21(24)17-9-8-14-23(16-17)28(25,26)18-10-4-3-5-11-18/h3-7,10-13,17H,2,8-9,14-16H2,1H3,(H,22,24). The lowest BCUT2D eigenvalue weighted by Crippen LogP contribution is -2.43. The molecule has 1 heterocycles. The highest BCUT2D eigenvalue weighted by Gasteiger charge is 2.33. The van der Waals surface area contributed by atoms with Crippen LogP contribution in [0.2, 0.25) is 0 Å². The lowest BCUT2D eigenvalue weighted by atomic mass is 9.98. The Morgan fingerprint density at radius 3 is 2.61 bits per heavy atom. The quantitative estimate of drug-likeness (QED) is 0.769. The summed E-state index contributed by atoms with van der Waals surface area (Å²) in [6, 6.07) is 15.7. The highest BCUT2D eigenvalue weighted by Crippen LogP contribution is 2.28. The number of hydrogen-bond donors (Lipinski definition) is 1. The largest absolute Gasteiger partial charge is 0.491 e. The molecule has 1 fully saturated rings. The van der Waals surface area contributed by atoms with Gasteiger partial charge in [0, 0.05) is 13.1 Å². The first kappa shape index (κ1) is 20.4. The number of carbonyl (C=O) groups excluding carboxylic acids is 1. The van der Waals surface area contributed by atoms with Crippen molar-refractivity contribution in [1.29, 1.82) is 0 Å². The number of hydrogen-bond acceptors (Lipinski definition) is 4. The van der Waals surface area contributed by atoms with Crippen LogP contribution >= 0.6 is 0 Å². The number of ether oxygens (including phenoxy) is 1. The van der Waals surface area contributed by atoms with E-state index < -0.39 is 15.9 Å². The zero-order chi connectivity index (χ0) is 20.0. The van der Waals surface area contributed by atoms with E-state index in [4.69, 9.17) is 4.74 Å². The fraction of sp³-hybridized carbons (Fsp3) is 0.381. The molecule has 1 saturated heterocycles.